The third kappa shape index (κ3) is 2.32. The van der Waals surface area contributed by atoms with Gasteiger partial charge in [-0.2, -0.15) is 5.26 Å². The van der Waals surface area contributed by atoms with Gasteiger partial charge in [0.15, 0.2) is 5.76 Å². The number of hydrogen-bond donors (Lipinski definition) is 0. The zero-order valence-corrected chi connectivity index (χ0v) is 11.5. The van der Waals surface area contributed by atoms with Gasteiger partial charge < -0.3 is 4.42 Å². The highest BCUT2D eigenvalue weighted by molar-refractivity contribution is 6.03. The summed E-state index contributed by atoms with van der Waals surface area (Å²) in [5.74, 6) is -0.916. The first-order valence-corrected chi connectivity index (χ1v) is 6.68. The fourth-order valence-corrected chi connectivity index (χ4v) is 2.43. The van der Waals surface area contributed by atoms with Crippen molar-refractivity contribution in [2.24, 2.45) is 0 Å². The molecule has 0 saturated carbocycles. The second-order valence-electron chi connectivity index (χ2n) is 4.93. The van der Waals surface area contributed by atoms with Crippen molar-refractivity contribution in [3.8, 4) is 6.07 Å². The Hall–Kier alpha value is -2.86. The van der Waals surface area contributed by atoms with Gasteiger partial charge in [0, 0.05) is 5.39 Å². The molecule has 0 radical (unpaired) electrons. The van der Waals surface area contributed by atoms with Crippen LogP contribution in [0.25, 0.3) is 11.0 Å². The van der Waals surface area contributed by atoms with E-state index in [0.717, 1.165) is 16.5 Å². The smallest absolute Gasteiger partial charge is 0.219 e. The van der Waals surface area contributed by atoms with Gasteiger partial charge in [0.1, 0.15) is 11.5 Å². The highest BCUT2D eigenvalue weighted by Gasteiger charge is 2.25. The number of nitrogens with zero attached hydrogens (tertiary/aromatic N) is 1. The van der Waals surface area contributed by atoms with E-state index in [4.69, 9.17) is 4.42 Å². The van der Waals surface area contributed by atoms with E-state index in [1.54, 1.807) is 12.1 Å². The van der Waals surface area contributed by atoms with Gasteiger partial charge in [-0.3, -0.25) is 4.79 Å². The zero-order valence-electron chi connectivity index (χ0n) is 11.5. The Kier molecular flexibility index (Phi) is 3.29. The quantitative estimate of drug-likeness (QED) is 0.672. The first-order valence-electron chi connectivity index (χ1n) is 6.68. The van der Waals surface area contributed by atoms with Crippen molar-refractivity contribution in [1.82, 2.24) is 0 Å². The van der Waals surface area contributed by atoms with Gasteiger partial charge in [-0.15, -0.1) is 0 Å². The molecular weight excluding hydrogens is 262 g/mol. The second-order valence-corrected chi connectivity index (χ2v) is 4.93. The van der Waals surface area contributed by atoms with Gasteiger partial charge >= 0.3 is 0 Å². The molecule has 21 heavy (non-hydrogen) atoms. The number of Topliss-reactive ketones (excluding diaryl/α,β-unsaturated/α-hetero) is 1. The molecule has 1 unspecified atom stereocenters. The Labute approximate surface area is 122 Å². The predicted molar refractivity (Wildman–Crippen MR) is 80.1 cm³/mol. The van der Waals surface area contributed by atoms with Gasteiger partial charge in [0.05, 0.1) is 6.07 Å². The van der Waals surface area contributed by atoms with E-state index in [9.17, 15) is 10.1 Å². The number of carbonyl (C=O) groups is 1. The third-order valence-electron chi connectivity index (χ3n) is 3.56. The summed E-state index contributed by atoms with van der Waals surface area (Å²) in [6.07, 6.45) is 0. The number of rotatable bonds is 3. The van der Waals surface area contributed by atoms with Crippen LogP contribution in [-0.4, -0.2) is 5.78 Å². The molecule has 0 aliphatic carbocycles. The van der Waals surface area contributed by atoms with E-state index in [1.165, 1.54) is 0 Å². The lowest BCUT2D eigenvalue weighted by Crippen LogP contribution is -2.11. The molecule has 3 aromatic rings. The van der Waals surface area contributed by atoms with Crippen molar-refractivity contribution in [1.29, 1.82) is 5.26 Å². The molecule has 2 aromatic carbocycles. The Morgan fingerprint density at radius 2 is 1.86 bits per heavy atom. The average Bonchev–Trinajstić information content (AvgIpc) is 2.93. The van der Waals surface area contributed by atoms with Gasteiger partial charge in [-0.25, -0.2) is 0 Å². The number of nitriles is 1. The highest BCUT2D eigenvalue weighted by Crippen LogP contribution is 2.27. The molecule has 1 atom stereocenters. The van der Waals surface area contributed by atoms with Crippen LogP contribution in [0, 0.1) is 18.3 Å². The topological polar surface area (TPSA) is 54.0 Å². The number of para-hydroxylation sites is 1. The maximum Gasteiger partial charge on any atom is 0.219 e. The molecule has 1 heterocycles. The summed E-state index contributed by atoms with van der Waals surface area (Å²) in [5.41, 5.74) is 2.31. The molecule has 0 spiro atoms. The van der Waals surface area contributed by atoms with E-state index in [-0.39, 0.29) is 11.5 Å². The Balaban J connectivity index is 2.03. The number of benzene rings is 2. The SMILES string of the molecule is Cc1ccccc1C(C#N)C(=O)c1cc2ccccc2o1. The molecule has 3 rings (SSSR count). The van der Waals surface area contributed by atoms with Crippen LogP contribution in [0.5, 0.6) is 0 Å². The monoisotopic (exact) mass is 275 g/mol. The average molecular weight is 275 g/mol. The molecule has 0 bridgehead atoms. The van der Waals surface area contributed by atoms with Crippen molar-refractivity contribution >= 4 is 16.8 Å². The Bertz CT molecular complexity index is 822. The summed E-state index contributed by atoms with van der Waals surface area (Å²) in [7, 11) is 0. The zero-order chi connectivity index (χ0) is 14.8. The highest BCUT2D eigenvalue weighted by atomic mass is 16.3. The van der Waals surface area contributed by atoms with E-state index in [0.29, 0.717) is 5.58 Å². The molecule has 0 fully saturated rings. The van der Waals surface area contributed by atoms with Crippen molar-refractivity contribution in [2.75, 3.05) is 0 Å². The summed E-state index contributed by atoms with van der Waals surface area (Å²) in [4.78, 5) is 12.6. The molecule has 1 aromatic heterocycles. The molecule has 102 valence electrons. The number of aryl methyl sites for hydroxylation is 1. The number of fused-ring (bicyclic) bond motifs is 1. The summed E-state index contributed by atoms with van der Waals surface area (Å²) < 4.78 is 5.57. The van der Waals surface area contributed by atoms with Crippen LogP contribution < -0.4 is 0 Å². The normalized spacial score (nSPS) is 12.0. The lowest BCUT2D eigenvalue weighted by Gasteiger charge is -2.09. The molecule has 3 nitrogen and oxygen atoms in total. The van der Waals surface area contributed by atoms with Crippen molar-refractivity contribution < 1.29 is 9.21 Å². The standard InChI is InChI=1S/C18H13NO2/c1-12-6-2-4-8-14(12)15(11-19)18(20)17-10-13-7-3-5-9-16(13)21-17/h2-10,15H,1H3. The van der Waals surface area contributed by atoms with Crippen LogP contribution in [0.1, 0.15) is 27.6 Å². The molecule has 0 aliphatic heterocycles. The van der Waals surface area contributed by atoms with E-state index < -0.39 is 5.92 Å². The van der Waals surface area contributed by atoms with Crippen LogP contribution >= 0.6 is 0 Å². The molecule has 0 saturated heterocycles. The summed E-state index contributed by atoms with van der Waals surface area (Å²) >= 11 is 0. The van der Waals surface area contributed by atoms with Gasteiger partial charge in [-0.05, 0) is 30.2 Å². The van der Waals surface area contributed by atoms with Crippen LogP contribution in [0.15, 0.2) is 59.0 Å². The molecule has 0 amide bonds. The van der Waals surface area contributed by atoms with E-state index >= 15 is 0 Å². The Morgan fingerprint density at radius 1 is 1.14 bits per heavy atom. The van der Waals surface area contributed by atoms with Crippen molar-refractivity contribution in [2.45, 2.75) is 12.8 Å². The minimum atomic E-state index is -0.841. The number of hydrogen-bond acceptors (Lipinski definition) is 3. The fourth-order valence-electron chi connectivity index (χ4n) is 2.43. The molecule has 3 heteroatoms. The lowest BCUT2D eigenvalue weighted by molar-refractivity contribution is 0.0954. The maximum atomic E-state index is 12.6. The molecule has 0 aliphatic rings. The minimum absolute atomic E-state index is 0.228. The van der Waals surface area contributed by atoms with E-state index in [1.807, 2.05) is 49.4 Å². The second kappa shape index (κ2) is 5.26. The summed E-state index contributed by atoms with van der Waals surface area (Å²) in [6, 6.07) is 18.6. The number of carbonyl (C=O) groups excluding carboxylic acids is 1. The van der Waals surface area contributed by atoms with Gasteiger partial charge in [0.25, 0.3) is 0 Å². The maximum absolute atomic E-state index is 12.6. The van der Waals surface area contributed by atoms with Gasteiger partial charge in [-0.1, -0.05) is 42.5 Å². The minimum Gasteiger partial charge on any atom is -0.453 e. The summed E-state index contributed by atoms with van der Waals surface area (Å²) in [5, 5.41) is 10.3. The van der Waals surface area contributed by atoms with Crippen LogP contribution in [0.4, 0.5) is 0 Å². The predicted octanol–water partition coefficient (Wildman–Crippen LogP) is 4.23. The van der Waals surface area contributed by atoms with Crippen LogP contribution in [0.2, 0.25) is 0 Å². The number of ketones is 1. The van der Waals surface area contributed by atoms with Crippen LogP contribution in [-0.2, 0) is 0 Å². The first kappa shape index (κ1) is 13.1. The first-order chi connectivity index (χ1) is 10.2. The summed E-state index contributed by atoms with van der Waals surface area (Å²) in [6.45, 7) is 1.89. The molecule has 0 N–H and O–H groups in total. The largest absolute Gasteiger partial charge is 0.453 e. The Morgan fingerprint density at radius 3 is 2.57 bits per heavy atom. The third-order valence-corrected chi connectivity index (χ3v) is 3.56. The fraction of sp³-hybridized carbons (Fsp3) is 0.111. The van der Waals surface area contributed by atoms with Gasteiger partial charge in [0.2, 0.25) is 5.78 Å². The van der Waals surface area contributed by atoms with Crippen molar-refractivity contribution in [3.05, 3.63) is 71.5 Å². The van der Waals surface area contributed by atoms with E-state index in [2.05, 4.69) is 6.07 Å². The lowest BCUT2D eigenvalue weighted by atomic mass is 9.91. The van der Waals surface area contributed by atoms with Crippen LogP contribution in [0.3, 0.4) is 0 Å². The molecular formula is C18H13NO2. The number of furan rings is 1. The van der Waals surface area contributed by atoms with Crippen molar-refractivity contribution in [3.63, 3.8) is 0 Å².